The van der Waals surface area contributed by atoms with Gasteiger partial charge in [-0.15, -0.1) is 0 Å². The molecule has 0 radical (unpaired) electrons. The maximum absolute atomic E-state index is 11.9. The number of fused-ring (bicyclic) bond motifs is 5. The van der Waals surface area contributed by atoms with Crippen LogP contribution in [0, 0.1) is 17.3 Å². The van der Waals surface area contributed by atoms with E-state index in [0.717, 1.165) is 37.1 Å². The predicted octanol–water partition coefficient (Wildman–Crippen LogP) is 3.94. The number of aryl methyl sites for hydroxylation is 1. The van der Waals surface area contributed by atoms with Gasteiger partial charge < -0.3 is 14.5 Å². The van der Waals surface area contributed by atoms with Crippen LogP contribution in [0.3, 0.4) is 0 Å². The Morgan fingerprint density at radius 1 is 1.18 bits per heavy atom. The molecule has 28 heavy (non-hydrogen) atoms. The first kappa shape index (κ1) is 19.8. The highest BCUT2D eigenvalue weighted by Crippen LogP contribution is 2.61. The Kier molecular flexibility index (Phi) is 5.43. The Bertz CT molecular complexity index is 719. The second kappa shape index (κ2) is 7.70. The van der Waals surface area contributed by atoms with Crippen LogP contribution in [0.2, 0.25) is 0 Å². The van der Waals surface area contributed by atoms with Crippen LogP contribution >= 0.6 is 0 Å². The van der Waals surface area contributed by atoms with Gasteiger partial charge in [-0.25, -0.2) is 0 Å². The summed E-state index contributed by atoms with van der Waals surface area (Å²) in [4.78, 5) is 16.2. The number of carbonyl (C=O) groups excluding carboxylic acids is 1. The SMILES string of the molecule is COc1ccc2c(c1)CC[C@@H]1[C@@H]2CC[C@]2(C)[C@@H](N(C=O)CCN(C)C)CC[C@@H]12. The van der Waals surface area contributed by atoms with Crippen molar-refractivity contribution in [2.24, 2.45) is 17.3 Å². The number of rotatable bonds is 6. The van der Waals surface area contributed by atoms with Gasteiger partial charge in [0.2, 0.25) is 6.41 Å². The second-order valence-corrected chi connectivity index (χ2v) is 9.76. The van der Waals surface area contributed by atoms with Gasteiger partial charge in [0.1, 0.15) is 5.75 Å². The van der Waals surface area contributed by atoms with Crippen LogP contribution in [-0.4, -0.2) is 56.5 Å². The quantitative estimate of drug-likeness (QED) is 0.697. The fourth-order valence-electron chi connectivity index (χ4n) is 6.80. The van der Waals surface area contributed by atoms with Crippen LogP contribution in [0.1, 0.15) is 56.1 Å². The van der Waals surface area contributed by atoms with Crippen molar-refractivity contribution in [3.05, 3.63) is 29.3 Å². The number of likely N-dealkylation sites (N-methyl/N-ethyl adjacent to an activating group) is 1. The Morgan fingerprint density at radius 3 is 2.71 bits per heavy atom. The molecule has 0 unspecified atom stereocenters. The number of methoxy groups -OCH3 is 1. The second-order valence-electron chi connectivity index (χ2n) is 9.76. The van der Waals surface area contributed by atoms with E-state index >= 15 is 0 Å². The third-order valence-electron chi connectivity index (χ3n) is 8.22. The first-order valence-corrected chi connectivity index (χ1v) is 11.0. The van der Waals surface area contributed by atoms with E-state index in [9.17, 15) is 4.79 Å². The van der Waals surface area contributed by atoms with Gasteiger partial charge in [-0.1, -0.05) is 13.0 Å². The molecule has 3 aliphatic carbocycles. The van der Waals surface area contributed by atoms with Gasteiger partial charge in [-0.2, -0.15) is 0 Å². The lowest BCUT2D eigenvalue weighted by Gasteiger charge is -2.52. The minimum Gasteiger partial charge on any atom is -0.497 e. The van der Waals surface area contributed by atoms with Gasteiger partial charge in [-0.05, 0) is 99.0 Å². The number of amides is 1. The number of hydrogen-bond donors (Lipinski definition) is 0. The van der Waals surface area contributed by atoms with Crippen LogP contribution in [-0.2, 0) is 11.2 Å². The van der Waals surface area contributed by atoms with E-state index in [2.05, 4.69) is 49.0 Å². The summed E-state index contributed by atoms with van der Waals surface area (Å²) in [6, 6.07) is 7.14. The molecule has 2 saturated carbocycles. The summed E-state index contributed by atoms with van der Waals surface area (Å²) in [6.45, 7) is 4.28. The fourth-order valence-corrected chi connectivity index (χ4v) is 6.80. The molecule has 0 N–H and O–H groups in total. The number of carbonyl (C=O) groups is 1. The van der Waals surface area contributed by atoms with E-state index in [0.29, 0.717) is 12.0 Å². The molecule has 0 heterocycles. The lowest BCUT2D eigenvalue weighted by Crippen LogP contribution is -2.51. The average molecular weight is 385 g/mol. The predicted molar refractivity (Wildman–Crippen MR) is 113 cm³/mol. The van der Waals surface area contributed by atoms with Gasteiger partial charge in [0, 0.05) is 19.1 Å². The molecule has 4 nitrogen and oxygen atoms in total. The molecule has 4 rings (SSSR count). The minimum atomic E-state index is 0.276. The first-order valence-electron chi connectivity index (χ1n) is 11.0. The normalized spacial score (nSPS) is 33.8. The Hall–Kier alpha value is -1.55. The lowest BCUT2D eigenvalue weighted by atomic mass is 9.55. The standard InChI is InChI=1S/C24H36N2O2/c1-24-12-11-20-19-8-6-18(28-4)15-17(19)5-7-21(20)22(24)9-10-23(24)26(16-27)14-13-25(2)3/h6,8,15-16,20-23H,5,7,9-14H2,1-4H3/t20-,21-,22+,23+,24+/m1/s1. The van der Waals surface area contributed by atoms with Crippen molar-refractivity contribution in [2.75, 3.05) is 34.3 Å². The van der Waals surface area contributed by atoms with Crippen LogP contribution in [0.25, 0.3) is 0 Å². The van der Waals surface area contributed by atoms with E-state index < -0.39 is 0 Å². The van der Waals surface area contributed by atoms with E-state index in [4.69, 9.17) is 4.74 Å². The molecule has 0 aromatic heterocycles. The van der Waals surface area contributed by atoms with Gasteiger partial charge in [0.25, 0.3) is 0 Å². The third-order valence-corrected chi connectivity index (χ3v) is 8.22. The van der Waals surface area contributed by atoms with Crippen molar-refractivity contribution in [2.45, 2.75) is 57.4 Å². The van der Waals surface area contributed by atoms with Crippen molar-refractivity contribution >= 4 is 6.41 Å². The molecule has 1 aromatic carbocycles. The van der Waals surface area contributed by atoms with E-state index in [-0.39, 0.29) is 5.41 Å². The van der Waals surface area contributed by atoms with Crippen molar-refractivity contribution in [3.8, 4) is 5.75 Å². The Balaban J connectivity index is 1.55. The van der Waals surface area contributed by atoms with Gasteiger partial charge in [0.15, 0.2) is 0 Å². The molecule has 4 heteroatoms. The molecule has 0 spiro atoms. The summed E-state index contributed by atoms with van der Waals surface area (Å²) in [5.74, 6) is 3.19. The largest absolute Gasteiger partial charge is 0.497 e. The highest BCUT2D eigenvalue weighted by Gasteiger charge is 2.56. The van der Waals surface area contributed by atoms with Crippen LogP contribution in [0.4, 0.5) is 0 Å². The zero-order valence-electron chi connectivity index (χ0n) is 18.0. The molecule has 1 aromatic rings. The van der Waals surface area contributed by atoms with Crippen LogP contribution in [0.5, 0.6) is 5.75 Å². The van der Waals surface area contributed by atoms with Crippen molar-refractivity contribution in [1.82, 2.24) is 9.80 Å². The number of nitrogens with zero attached hydrogens (tertiary/aromatic N) is 2. The smallest absolute Gasteiger partial charge is 0.210 e. The molecule has 3 aliphatic rings. The highest BCUT2D eigenvalue weighted by atomic mass is 16.5. The van der Waals surface area contributed by atoms with Crippen molar-refractivity contribution in [3.63, 3.8) is 0 Å². The van der Waals surface area contributed by atoms with Gasteiger partial charge >= 0.3 is 0 Å². The first-order chi connectivity index (χ1) is 13.5. The topological polar surface area (TPSA) is 32.8 Å². The number of hydrogen-bond acceptors (Lipinski definition) is 3. The molecular weight excluding hydrogens is 348 g/mol. The maximum Gasteiger partial charge on any atom is 0.210 e. The summed E-state index contributed by atoms with van der Waals surface area (Å²) >= 11 is 0. The molecular formula is C24H36N2O2. The maximum atomic E-state index is 11.9. The van der Waals surface area contributed by atoms with E-state index in [1.54, 1.807) is 12.7 Å². The molecule has 5 atom stereocenters. The molecule has 0 saturated heterocycles. The summed E-state index contributed by atoms with van der Waals surface area (Å²) < 4.78 is 5.45. The molecule has 2 fully saturated rings. The molecule has 1 amide bonds. The van der Waals surface area contributed by atoms with Crippen molar-refractivity contribution in [1.29, 1.82) is 0 Å². The lowest BCUT2D eigenvalue weighted by molar-refractivity contribution is -0.124. The summed E-state index contributed by atoms with van der Waals surface area (Å²) in [6.07, 6.45) is 8.52. The molecule has 154 valence electrons. The Morgan fingerprint density at radius 2 is 2.00 bits per heavy atom. The minimum absolute atomic E-state index is 0.276. The summed E-state index contributed by atoms with van der Waals surface area (Å²) in [5, 5.41) is 0. The number of ether oxygens (including phenoxy) is 1. The fraction of sp³-hybridized carbons (Fsp3) is 0.708. The van der Waals surface area contributed by atoms with Crippen molar-refractivity contribution < 1.29 is 9.53 Å². The number of benzene rings is 1. The third kappa shape index (κ3) is 3.24. The van der Waals surface area contributed by atoms with Gasteiger partial charge in [-0.3, -0.25) is 4.79 Å². The molecule has 0 bridgehead atoms. The Labute approximate surface area is 170 Å². The van der Waals surface area contributed by atoms with Gasteiger partial charge in [0.05, 0.1) is 7.11 Å². The zero-order chi connectivity index (χ0) is 19.9. The summed E-state index contributed by atoms with van der Waals surface area (Å²) in [5.41, 5.74) is 3.35. The van der Waals surface area contributed by atoms with E-state index in [1.807, 2.05) is 0 Å². The average Bonchev–Trinajstić information content (AvgIpc) is 3.05. The van der Waals surface area contributed by atoms with Crippen LogP contribution in [0.15, 0.2) is 18.2 Å². The summed E-state index contributed by atoms with van der Waals surface area (Å²) in [7, 11) is 5.93. The highest BCUT2D eigenvalue weighted by molar-refractivity contribution is 5.48. The monoisotopic (exact) mass is 384 g/mol. The van der Waals surface area contributed by atoms with Crippen LogP contribution < -0.4 is 4.74 Å². The zero-order valence-corrected chi connectivity index (χ0v) is 18.0. The molecule has 0 aliphatic heterocycles. The van der Waals surface area contributed by atoms with E-state index in [1.165, 1.54) is 44.1 Å².